The summed E-state index contributed by atoms with van der Waals surface area (Å²) in [5, 5.41) is 9.66. The van der Waals surface area contributed by atoms with E-state index < -0.39 is 0 Å². The first-order valence-corrected chi connectivity index (χ1v) is 12.9. The fraction of sp³-hybridized carbons (Fsp3) is 0.370. The standard InChI is InChI=1S/C27H30Cl2N6O/c1-34-10-2-7-27(34)8-11-35(12-9-27)25-6-3-18(14-33-25)26(31)20-13-19(4-5-24(20)30)36-17-21-22(28)15-32-16-23(21)29/h3-6,13-16,31H,2,7-12,17,30H2,1H3. The van der Waals surface area contributed by atoms with Crippen LogP contribution in [0.2, 0.25) is 10.0 Å². The number of nitrogen functional groups attached to an aromatic ring is 1. The first kappa shape index (κ1) is 24.8. The lowest BCUT2D eigenvalue weighted by Gasteiger charge is -2.44. The number of nitrogens with two attached hydrogens (primary N) is 1. The van der Waals surface area contributed by atoms with Crippen molar-refractivity contribution in [3.05, 3.63) is 75.7 Å². The van der Waals surface area contributed by atoms with Crippen LogP contribution in [0.25, 0.3) is 0 Å². The van der Waals surface area contributed by atoms with E-state index in [2.05, 4.69) is 21.8 Å². The summed E-state index contributed by atoms with van der Waals surface area (Å²) in [5.41, 5.74) is 9.32. The molecule has 0 amide bonds. The topological polar surface area (TPSA) is 91.4 Å². The molecule has 2 fully saturated rings. The molecule has 1 spiro atoms. The Hall–Kier alpha value is -2.87. The summed E-state index contributed by atoms with van der Waals surface area (Å²) < 4.78 is 5.91. The molecule has 7 nitrogen and oxygen atoms in total. The van der Waals surface area contributed by atoms with Crippen LogP contribution in [0.4, 0.5) is 11.5 Å². The summed E-state index contributed by atoms with van der Waals surface area (Å²) in [6, 6.07) is 9.21. The van der Waals surface area contributed by atoms with Crippen molar-refractivity contribution in [3.8, 4) is 5.75 Å². The van der Waals surface area contributed by atoms with Gasteiger partial charge in [-0.05, 0) is 69.6 Å². The van der Waals surface area contributed by atoms with Crippen LogP contribution in [0.15, 0.2) is 48.9 Å². The monoisotopic (exact) mass is 524 g/mol. The lowest BCUT2D eigenvalue weighted by Crippen LogP contribution is -2.50. The third-order valence-corrected chi connectivity index (χ3v) is 8.28. The number of likely N-dealkylation sites (tertiary alicyclic amines) is 1. The number of anilines is 2. The zero-order valence-electron chi connectivity index (χ0n) is 20.3. The van der Waals surface area contributed by atoms with Crippen LogP contribution in [0.5, 0.6) is 5.75 Å². The van der Waals surface area contributed by atoms with E-state index in [9.17, 15) is 0 Å². The fourth-order valence-electron chi connectivity index (χ4n) is 5.31. The van der Waals surface area contributed by atoms with Gasteiger partial charge in [0.05, 0.1) is 15.8 Å². The normalized spacial score (nSPS) is 17.5. The van der Waals surface area contributed by atoms with Crippen molar-refractivity contribution in [2.75, 3.05) is 37.3 Å². The van der Waals surface area contributed by atoms with E-state index in [0.29, 0.717) is 49.4 Å². The van der Waals surface area contributed by atoms with Gasteiger partial charge in [0.1, 0.15) is 18.2 Å². The number of hydrogen-bond acceptors (Lipinski definition) is 7. The van der Waals surface area contributed by atoms with Crippen LogP contribution in [-0.2, 0) is 6.61 Å². The van der Waals surface area contributed by atoms with E-state index in [1.807, 2.05) is 12.1 Å². The molecule has 4 heterocycles. The minimum atomic E-state index is 0.181. The first-order valence-electron chi connectivity index (χ1n) is 12.2. The lowest BCUT2D eigenvalue weighted by atomic mass is 9.85. The van der Waals surface area contributed by atoms with Crippen LogP contribution in [-0.4, -0.2) is 52.8 Å². The zero-order valence-corrected chi connectivity index (χ0v) is 21.8. The van der Waals surface area contributed by atoms with Crippen LogP contribution >= 0.6 is 23.2 Å². The molecule has 0 unspecified atom stereocenters. The Bertz CT molecular complexity index is 1240. The second kappa shape index (κ2) is 10.2. The van der Waals surface area contributed by atoms with Crippen LogP contribution in [0.1, 0.15) is 42.4 Å². The van der Waals surface area contributed by atoms with Gasteiger partial charge in [-0.2, -0.15) is 0 Å². The minimum absolute atomic E-state index is 0.181. The molecule has 0 atom stereocenters. The number of piperidine rings is 1. The predicted molar refractivity (Wildman–Crippen MR) is 146 cm³/mol. The average molecular weight is 525 g/mol. The third-order valence-electron chi connectivity index (χ3n) is 7.63. The maximum Gasteiger partial charge on any atom is 0.128 e. The third kappa shape index (κ3) is 4.88. The van der Waals surface area contributed by atoms with Crippen molar-refractivity contribution in [1.29, 1.82) is 5.41 Å². The van der Waals surface area contributed by atoms with Gasteiger partial charge in [0.15, 0.2) is 0 Å². The van der Waals surface area contributed by atoms with E-state index in [-0.39, 0.29) is 6.61 Å². The molecular formula is C27H30Cl2N6O. The molecule has 3 N–H and O–H groups in total. The highest BCUT2D eigenvalue weighted by atomic mass is 35.5. The van der Waals surface area contributed by atoms with Gasteiger partial charge in [0.25, 0.3) is 0 Å². The maximum absolute atomic E-state index is 8.77. The van der Waals surface area contributed by atoms with Gasteiger partial charge in [0.2, 0.25) is 0 Å². The molecule has 36 heavy (non-hydrogen) atoms. The molecule has 2 aliphatic heterocycles. The maximum atomic E-state index is 8.77. The minimum Gasteiger partial charge on any atom is -0.489 e. The molecule has 1 aromatic carbocycles. The molecule has 9 heteroatoms. The number of benzene rings is 1. The number of aromatic nitrogens is 2. The number of ether oxygens (including phenoxy) is 1. The van der Waals surface area contributed by atoms with Crippen molar-refractivity contribution in [1.82, 2.24) is 14.9 Å². The molecule has 5 rings (SSSR count). The Balaban J connectivity index is 1.26. The Kier molecular flexibility index (Phi) is 7.06. The van der Waals surface area contributed by atoms with E-state index in [0.717, 1.165) is 18.9 Å². The zero-order chi connectivity index (χ0) is 25.3. The largest absolute Gasteiger partial charge is 0.489 e. The van der Waals surface area contributed by atoms with E-state index in [1.165, 1.54) is 44.6 Å². The summed E-state index contributed by atoms with van der Waals surface area (Å²) in [7, 11) is 2.26. The van der Waals surface area contributed by atoms with Crippen LogP contribution in [0, 0.1) is 5.41 Å². The smallest absolute Gasteiger partial charge is 0.128 e. The Morgan fingerprint density at radius 1 is 1.06 bits per heavy atom. The Morgan fingerprint density at radius 2 is 1.81 bits per heavy atom. The van der Waals surface area contributed by atoms with Crippen molar-refractivity contribution in [2.45, 2.75) is 37.8 Å². The highest BCUT2D eigenvalue weighted by molar-refractivity contribution is 6.35. The number of pyridine rings is 2. The summed E-state index contributed by atoms with van der Waals surface area (Å²) in [5.74, 6) is 1.52. The summed E-state index contributed by atoms with van der Waals surface area (Å²) in [6.07, 6.45) is 9.75. The highest BCUT2D eigenvalue weighted by Gasteiger charge is 2.41. The van der Waals surface area contributed by atoms with Crippen molar-refractivity contribution >= 4 is 40.4 Å². The second-order valence-electron chi connectivity index (χ2n) is 9.64. The fourth-order valence-corrected chi connectivity index (χ4v) is 5.78. The molecule has 0 bridgehead atoms. The van der Waals surface area contributed by atoms with E-state index in [1.54, 1.807) is 24.4 Å². The van der Waals surface area contributed by atoms with Crippen molar-refractivity contribution < 1.29 is 4.74 Å². The molecule has 0 aliphatic carbocycles. The number of nitrogens with one attached hydrogen (secondary N) is 1. The van der Waals surface area contributed by atoms with Crippen LogP contribution in [0.3, 0.4) is 0 Å². The number of halogens is 2. The van der Waals surface area contributed by atoms with Gasteiger partial charge >= 0.3 is 0 Å². The Morgan fingerprint density at radius 3 is 2.44 bits per heavy atom. The summed E-state index contributed by atoms with van der Waals surface area (Å²) >= 11 is 12.4. The van der Waals surface area contributed by atoms with Crippen molar-refractivity contribution in [2.24, 2.45) is 0 Å². The number of nitrogens with zero attached hydrogens (tertiary/aromatic N) is 4. The molecule has 0 radical (unpaired) electrons. The highest BCUT2D eigenvalue weighted by Crippen LogP contribution is 2.38. The van der Waals surface area contributed by atoms with Crippen LogP contribution < -0.4 is 15.4 Å². The molecule has 2 aliphatic rings. The molecule has 0 saturated carbocycles. The Labute approximate surface area is 221 Å². The SMILES string of the molecule is CN1CCCC12CCN(c1ccc(C(=N)c3cc(OCc4c(Cl)cncc4Cl)ccc3N)cn1)CC2. The molecular weight excluding hydrogens is 495 g/mol. The quantitative estimate of drug-likeness (QED) is 0.330. The van der Waals surface area contributed by atoms with E-state index >= 15 is 0 Å². The molecule has 2 saturated heterocycles. The van der Waals surface area contributed by atoms with Gasteiger partial charge in [0, 0.05) is 59.6 Å². The van der Waals surface area contributed by atoms with Gasteiger partial charge in [-0.3, -0.25) is 10.4 Å². The summed E-state index contributed by atoms with van der Waals surface area (Å²) in [4.78, 5) is 13.6. The predicted octanol–water partition coefficient (Wildman–Crippen LogP) is 5.43. The summed E-state index contributed by atoms with van der Waals surface area (Å²) in [6.45, 7) is 3.40. The molecule has 188 valence electrons. The van der Waals surface area contributed by atoms with Gasteiger partial charge in [-0.25, -0.2) is 4.98 Å². The molecule has 2 aromatic heterocycles. The van der Waals surface area contributed by atoms with Gasteiger partial charge in [-0.1, -0.05) is 23.2 Å². The lowest BCUT2D eigenvalue weighted by molar-refractivity contribution is 0.137. The van der Waals surface area contributed by atoms with E-state index in [4.69, 9.17) is 44.1 Å². The van der Waals surface area contributed by atoms with Gasteiger partial charge in [-0.15, -0.1) is 0 Å². The second-order valence-corrected chi connectivity index (χ2v) is 10.5. The molecule has 3 aromatic rings. The number of hydrogen-bond donors (Lipinski definition) is 2. The first-order chi connectivity index (χ1) is 17.4. The van der Waals surface area contributed by atoms with Crippen molar-refractivity contribution in [3.63, 3.8) is 0 Å². The average Bonchev–Trinajstić information content (AvgIpc) is 3.24. The van der Waals surface area contributed by atoms with Gasteiger partial charge < -0.3 is 20.3 Å². The number of rotatable bonds is 6.